The molecule has 4 bridgehead atoms. The number of carboxylic acids is 1. The largest absolute Gasteiger partial charge is 0.507 e. The molecule has 4 rings (SSSR count). The Labute approximate surface area is 529 Å². The van der Waals surface area contributed by atoms with Gasteiger partial charge in [0.15, 0.2) is 11.5 Å². The van der Waals surface area contributed by atoms with Crippen LogP contribution in [-0.4, -0.2) is 180 Å². The van der Waals surface area contributed by atoms with Crippen molar-refractivity contribution >= 4 is 72.4 Å². The lowest BCUT2D eigenvalue weighted by Crippen LogP contribution is -2.60. The monoisotopic (exact) mass is 1350 g/mol. The Hall–Kier alpha value is -6.82. The summed E-state index contributed by atoms with van der Waals surface area (Å²) in [4.78, 5) is 94.6. The van der Waals surface area contributed by atoms with Crippen LogP contribution in [0.5, 0.6) is 17.2 Å². The van der Waals surface area contributed by atoms with Gasteiger partial charge in [0.05, 0.1) is 6.10 Å². The molecule has 2 heterocycles. The average molecular weight is 1350 g/mol. The van der Waals surface area contributed by atoms with Gasteiger partial charge in [0.25, 0.3) is 10.1 Å². The van der Waals surface area contributed by atoms with Crippen LogP contribution in [0.15, 0.2) is 54.1 Å². The number of carbonyl (C=O) groups is 7. The second-order valence-electron chi connectivity index (χ2n) is 23.0. The maximum Gasteiger partial charge on any atom is 0.397 e. The van der Waals surface area contributed by atoms with E-state index in [2.05, 4.69) is 57.3 Å². The number of nitrogens with one attached hydrogen (secondary N) is 4. The Morgan fingerprint density at radius 2 is 1.47 bits per heavy atom. The zero-order valence-electron chi connectivity index (χ0n) is 51.8. The summed E-state index contributed by atoms with van der Waals surface area (Å²) >= 11 is 0. The van der Waals surface area contributed by atoms with E-state index < -0.39 is 174 Å². The minimum absolute atomic E-state index is 0.0625. The highest BCUT2D eigenvalue weighted by Gasteiger charge is 2.51. The van der Waals surface area contributed by atoms with Crippen molar-refractivity contribution in [2.24, 2.45) is 11.8 Å². The third kappa shape index (κ3) is 25.3. The van der Waals surface area contributed by atoms with Crippen LogP contribution in [0, 0.1) is 11.8 Å². The average Bonchev–Trinajstić information content (AvgIpc) is 0.820. The number of amides is 5. The fourth-order valence-electron chi connectivity index (χ4n) is 10.2. The Bertz CT molecular complexity index is 3310. The molecule has 11 N–H and O–H groups in total. The first-order chi connectivity index (χ1) is 42.4. The van der Waals surface area contributed by atoms with Crippen LogP contribution in [-0.2, 0) is 88.7 Å². The minimum atomic E-state index is -5.59. The highest BCUT2D eigenvalue weighted by atomic mass is 32.3. The number of ether oxygens (including phenoxy) is 3. The van der Waals surface area contributed by atoms with Gasteiger partial charge in [-0.25, -0.2) is 18.0 Å². The van der Waals surface area contributed by atoms with Gasteiger partial charge in [0.2, 0.25) is 35.8 Å². The highest BCUT2D eigenvalue weighted by Crippen LogP contribution is 2.46. The first-order valence-corrected chi connectivity index (χ1v) is 33.9. The molecule has 1 fully saturated rings. The molecule has 2 aromatic carbocycles. The van der Waals surface area contributed by atoms with Crippen molar-refractivity contribution in [3.05, 3.63) is 65.3 Å². The van der Waals surface area contributed by atoms with Crippen molar-refractivity contribution in [3.63, 3.8) is 0 Å². The molecule has 30 nitrogen and oxygen atoms in total. The number of nitrogens with zero attached hydrogens (tertiary/aromatic N) is 1. The van der Waals surface area contributed by atoms with Crippen LogP contribution in [0.3, 0.4) is 0 Å². The molecule has 2 unspecified atom stereocenters. The Kier molecular flexibility index (Phi) is 29.2. The number of esters is 1. The van der Waals surface area contributed by atoms with E-state index in [1.54, 1.807) is 13.0 Å². The number of unbranched alkanes of at least 4 members (excludes halogenated alkanes) is 5. The molecule has 0 radical (unpaired) electrons. The predicted molar refractivity (Wildman–Crippen MR) is 325 cm³/mol. The van der Waals surface area contributed by atoms with Crippen LogP contribution in [0.4, 0.5) is 0 Å². The van der Waals surface area contributed by atoms with Gasteiger partial charge in [-0.05, 0) is 119 Å². The number of phenolic OH excluding ortho intramolecular Hbond substituents is 2. The number of aliphatic hydroxyl groups excluding tert-OH is 1. The molecular weight excluding hydrogens is 1260 g/mol. The topological polar surface area (TPSA) is 461 Å². The molecule has 2 aliphatic rings. The number of aliphatic carboxylic acids is 1. The maximum absolute atomic E-state index is 14.6. The zero-order chi connectivity index (χ0) is 68.3. The molecule has 510 valence electrons. The lowest BCUT2D eigenvalue weighted by Gasteiger charge is -2.41. The molecule has 0 aromatic heterocycles. The summed E-state index contributed by atoms with van der Waals surface area (Å²) in [5.74, 6) is -10.6. The van der Waals surface area contributed by atoms with Crippen LogP contribution in [0.25, 0.3) is 11.1 Å². The van der Waals surface area contributed by atoms with Crippen molar-refractivity contribution in [2.45, 2.75) is 193 Å². The summed E-state index contributed by atoms with van der Waals surface area (Å²) in [5.41, 5.74) is -0.700. The Morgan fingerprint density at radius 1 is 0.824 bits per heavy atom. The van der Waals surface area contributed by atoms with Gasteiger partial charge in [-0.1, -0.05) is 71.6 Å². The van der Waals surface area contributed by atoms with Crippen LogP contribution >= 0.6 is 0 Å². The fraction of sp³-hybridized carbons (Fsp3) is 0.603. The number of allylic oxidation sites excluding steroid dienone is 2. The summed E-state index contributed by atoms with van der Waals surface area (Å²) in [5, 5.41) is 54.0. The van der Waals surface area contributed by atoms with Gasteiger partial charge in [0, 0.05) is 43.1 Å². The van der Waals surface area contributed by atoms with Crippen LogP contribution < -0.4 is 26.0 Å². The number of rotatable bonds is 32. The van der Waals surface area contributed by atoms with E-state index in [4.69, 9.17) is 14.2 Å². The first-order valence-electron chi connectivity index (χ1n) is 29.6. The summed E-state index contributed by atoms with van der Waals surface area (Å²) in [6, 6.07) is -2.59. The van der Waals surface area contributed by atoms with Gasteiger partial charge >= 0.3 is 32.7 Å². The van der Waals surface area contributed by atoms with E-state index in [-0.39, 0.29) is 30.1 Å². The van der Waals surface area contributed by atoms with Crippen LogP contribution in [0.2, 0.25) is 0 Å². The summed E-state index contributed by atoms with van der Waals surface area (Å²) in [7, 11) is -15.3. The molecular formula is C58H85N5O25S3. The zero-order valence-corrected chi connectivity index (χ0v) is 54.3. The summed E-state index contributed by atoms with van der Waals surface area (Å²) in [6.07, 6.45) is 1.77. The lowest BCUT2D eigenvalue weighted by molar-refractivity contribution is -0.258. The van der Waals surface area contributed by atoms with E-state index in [0.717, 1.165) is 109 Å². The van der Waals surface area contributed by atoms with E-state index in [1.165, 1.54) is 12.1 Å². The van der Waals surface area contributed by atoms with Gasteiger partial charge in [-0.15, -0.1) is 0 Å². The normalized spacial score (nSPS) is 22.0. The van der Waals surface area contributed by atoms with Crippen molar-refractivity contribution in [3.8, 4) is 28.4 Å². The standard InChI is InChI=1S/C58H85N5O25S3/c1-9-17-33(4)26-34(5)57(74)85-39(22-20-32(2)3)18-15-13-11-10-12-14-16-19-46(66)59-25-24-47(67)61-43(31-89(75,76)77)55(71)63(8)48-38-29-41(40-27-37(21-23-44(40)64)28-42(56(72)73)62-53(69)35(6)60-54(48)70)51(45(65)30-38)86-58-49(68)52(88-91(81,82)83)50(36(7)84-58)87-90(78,79)80/h16,19,21,23,26-27,29-30,32-33,35-36,39,42-43,48-50,52,58,64-65,68H,9-15,17-18,20,22,24-25,28,31H2,1-8H3,(H,59,66)(H,60,70)(H,61,67)(H,62,69)(H,72,73)(H,75,76,77)(H,78,79,80)(H,81,82,83)/b19-16+,34-26-/t33?,35-,36-,39?,42-,43-,48-,49+,50-,52-,58-/m0/s1. The first kappa shape index (κ1) is 76.6. The molecule has 0 aliphatic carbocycles. The number of carbonyl (C=O) groups excluding carboxylic acids is 6. The quantitative estimate of drug-likeness (QED) is 0.0215. The van der Waals surface area contributed by atoms with E-state index >= 15 is 0 Å². The molecule has 2 aliphatic heterocycles. The maximum atomic E-state index is 14.6. The third-order valence-electron chi connectivity index (χ3n) is 14.8. The molecule has 0 saturated carbocycles. The second kappa shape index (κ2) is 34.7. The SMILES string of the molecule is CCCC(C)/C=C(/C)C(=O)OC(CCCCCCC/C=C/C(=O)NCCC(=O)N[C@@H](CS(=O)(=O)O)C(=O)N(C)[C@@H]1C(=O)N[C@@H](C)C(=O)N[C@H](C(=O)O)Cc2ccc(O)c(c2)-c2cc1cc(O)c2O[C@@H]1O[C@@H](C)[C@H](OS(=O)(=O)O)[C@@H](OS(=O)(=O)O)[C@H]1O)CCC(C)C. The number of fused-ring (bicyclic) bond motifs is 5. The van der Waals surface area contributed by atoms with Crippen molar-refractivity contribution in [1.29, 1.82) is 0 Å². The highest BCUT2D eigenvalue weighted by molar-refractivity contribution is 7.85. The number of aromatic hydroxyl groups is 2. The molecule has 33 heteroatoms. The molecule has 11 atom stereocenters. The fourth-order valence-corrected chi connectivity index (χ4v) is 11.9. The Balaban J connectivity index is 1.56. The Morgan fingerprint density at radius 3 is 2.10 bits per heavy atom. The second-order valence-corrected chi connectivity index (χ2v) is 26.6. The molecule has 2 aromatic rings. The van der Waals surface area contributed by atoms with E-state index in [1.807, 2.05) is 6.08 Å². The van der Waals surface area contributed by atoms with Crippen LogP contribution in [0.1, 0.15) is 143 Å². The van der Waals surface area contributed by atoms with Crippen molar-refractivity contribution in [2.75, 3.05) is 19.3 Å². The molecule has 0 spiro atoms. The summed E-state index contributed by atoms with van der Waals surface area (Å²) in [6.45, 7) is 12.0. The predicted octanol–water partition coefficient (Wildman–Crippen LogP) is 3.65. The third-order valence-corrected chi connectivity index (χ3v) is 16.5. The van der Waals surface area contributed by atoms with E-state index in [9.17, 15) is 92.9 Å². The van der Waals surface area contributed by atoms with Gasteiger partial charge < -0.3 is 60.8 Å². The number of likely N-dealkylation sites (N-methyl/N-ethyl adjacent to an activating group) is 1. The van der Waals surface area contributed by atoms with Gasteiger partial charge in [-0.3, -0.25) is 37.6 Å². The lowest BCUT2D eigenvalue weighted by atomic mass is 9.93. The molecule has 91 heavy (non-hydrogen) atoms. The van der Waals surface area contributed by atoms with E-state index in [0.29, 0.717) is 22.8 Å². The number of phenols is 2. The smallest absolute Gasteiger partial charge is 0.397 e. The summed E-state index contributed by atoms with van der Waals surface area (Å²) < 4.78 is 128. The minimum Gasteiger partial charge on any atom is -0.507 e. The number of benzene rings is 2. The van der Waals surface area contributed by atoms with Gasteiger partial charge in [0.1, 0.15) is 60.1 Å². The number of hydrogen-bond acceptors (Lipinski definition) is 21. The number of hydrogen-bond donors (Lipinski definition) is 11. The number of carboxylic acid groups (broad SMARTS) is 1. The number of aliphatic hydroxyl groups is 1. The van der Waals surface area contributed by atoms with Crippen molar-refractivity contribution < 1.29 is 115 Å². The molecule has 1 saturated heterocycles. The van der Waals surface area contributed by atoms with Gasteiger partial charge in [-0.2, -0.15) is 25.3 Å². The molecule has 5 amide bonds. The van der Waals surface area contributed by atoms with Crippen molar-refractivity contribution in [1.82, 2.24) is 26.2 Å².